The van der Waals surface area contributed by atoms with Crippen LogP contribution in [0, 0.1) is 5.92 Å². The number of imidazole rings is 1. The van der Waals surface area contributed by atoms with Gasteiger partial charge in [-0.1, -0.05) is 13.3 Å². The SMILES string of the molecule is CCc1nccn1C1CCCN(C(=O)C[C@@H]2CCC[C@H]2N)C1.Cl.Cl. The van der Waals surface area contributed by atoms with Crippen LogP contribution in [0.5, 0.6) is 0 Å². The van der Waals surface area contributed by atoms with E-state index >= 15 is 0 Å². The Morgan fingerprint density at radius 1 is 1.29 bits per heavy atom. The predicted octanol–water partition coefficient (Wildman–Crippen LogP) is 2.97. The molecule has 0 bridgehead atoms. The van der Waals surface area contributed by atoms with E-state index in [4.69, 9.17) is 5.73 Å². The maximum atomic E-state index is 12.6. The molecule has 3 rings (SSSR count). The summed E-state index contributed by atoms with van der Waals surface area (Å²) in [6.07, 6.45) is 11.1. The first-order valence-corrected chi connectivity index (χ1v) is 8.74. The van der Waals surface area contributed by atoms with Crippen molar-refractivity contribution in [2.24, 2.45) is 11.7 Å². The summed E-state index contributed by atoms with van der Waals surface area (Å²) in [5, 5.41) is 0. The number of halogens is 2. The smallest absolute Gasteiger partial charge is 0.222 e. The van der Waals surface area contributed by atoms with Crippen LogP contribution < -0.4 is 5.73 Å². The first-order chi connectivity index (χ1) is 10.7. The normalized spacial score (nSPS) is 26.6. The molecule has 1 unspecified atom stereocenters. The second-order valence-corrected chi connectivity index (χ2v) is 6.80. The average molecular weight is 377 g/mol. The van der Waals surface area contributed by atoms with E-state index in [1.807, 2.05) is 6.20 Å². The van der Waals surface area contributed by atoms with Gasteiger partial charge in [0.05, 0.1) is 6.04 Å². The molecule has 7 heteroatoms. The van der Waals surface area contributed by atoms with Crippen molar-refractivity contribution in [2.75, 3.05) is 13.1 Å². The minimum absolute atomic E-state index is 0. The van der Waals surface area contributed by atoms with Crippen molar-refractivity contribution in [2.45, 2.75) is 64.0 Å². The molecule has 3 atom stereocenters. The summed E-state index contributed by atoms with van der Waals surface area (Å²) in [5.41, 5.74) is 6.12. The van der Waals surface area contributed by atoms with Gasteiger partial charge in [0, 0.05) is 44.4 Å². The van der Waals surface area contributed by atoms with Gasteiger partial charge in [-0.2, -0.15) is 0 Å². The molecule has 2 fully saturated rings. The van der Waals surface area contributed by atoms with Crippen molar-refractivity contribution in [3.05, 3.63) is 18.2 Å². The Labute approximate surface area is 157 Å². The number of hydrogen-bond donors (Lipinski definition) is 1. The lowest BCUT2D eigenvalue weighted by molar-refractivity contribution is -0.133. The third-order valence-electron chi connectivity index (χ3n) is 5.36. The number of nitrogens with two attached hydrogens (primary N) is 1. The topological polar surface area (TPSA) is 64.2 Å². The van der Waals surface area contributed by atoms with E-state index in [1.165, 1.54) is 6.42 Å². The van der Waals surface area contributed by atoms with Crippen molar-refractivity contribution >= 4 is 30.7 Å². The Bertz CT molecular complexity index is 522. The van der Waals surface area contributed by atoms with E-state index in [1.54, 1.807) is 0 Å². The Morgan fingerprint density at radius 3 is 2.75 bits per heavy atom. The molecule has 1 aromatic rings. The molecule has 1 aliphatic carbocycles. The number of hydrogen-bond acceptors (Lipinski definition) is 3. The molecule has 1 amide bonds. The molecule has 2 aliphatic rings. The number of aromatic nitrogens is 2. The summed E-state index contributed by atoms with van der Waals surface area (Å²) in [6, 6.07) is 0.609. The van der Waals surface area contributed by atoms with Crippen LogP contribution in [0.3, 0.4) is 0 Å². The summed E-state index contributed by atoms with van der Waals surface area (Å²) in [6.45, 7) is 3.85. The van der Waals surface area contributed by atoms with Gasteiger partial charge in [0.2, 0.25) is 5.91 Å². The Hall–Kier alpha value is -0.780. The van der Waals surface area contributed by atoms with E-state index < -0.39 is 0 Å². The number of nitrogens with zero attached hydrogens (tertiary/aromatic N) is 3. The number of rotatable bonds is 4. The molecular formula is C17H30Cl2N4O. The number of carbonyl (C=O) groups excluding carboxylic acids is 1. The fourth-order valence-corrected chi connectivity index (χ4v) is 4.03. The van der Waals surface area contributed by atoms with Crippen LogP contribution in [0.4, 0.5) is 0 Å². The van der Waals surface area contributed by atoms with Gasteiger partial charge in [0.25, 0.3) is 0 Å². The number of aryl methyl sites for hydroxylation is 1. The van der Waals surface area contributed by atoms with E-state index in [0.29, 0.717) is 24.3 Å². The lowest BCUT2D eigenvalue weighted by atomic mass is 9.98. The number of piperidine rings is 1. The van der Waals surface area contributed by atoms with Crippen LogP contribution >= 0.6 is 24.8 Å². The molecule has 2 N–H and O–H groups in total. The number of amides is 1. The summed E-state index contributed by atoms with van der Waals surface area (Å²) < 4.78 is 2.26. The molecule has 1 aliphatic heterocycles. The van der Waals surface area contributed by atoms with Crippen LogP contribution in [-0.2, 0) is 11.2 Å². The molecule has 0 spiro atoms. The zero-order chi connectivity index (χ0) is 15.5. The van der Waals surface area contributed by atoms with Gasteiger partial charge in [-0.15, -0.1) is 24.8 Å². The molecule has 24 heavy (non-hydrogen) atoms. The molecule has 2 heterocycles. The molecule has 1 saturated carbocycles. The standard InChI is InChI=1S/C17H28N4O.2ClH/c1-2-16-19-8-10-21(16)14-6-4-9-20(12-14)17(22)11-13-5-3-7-15(13)18;;/h8,10,13-15H,2-7,9,11-12,18H2,1H3;2*1H/t13-,14?,15+;;/m0../s1. The van der Waals surface area contributed by atoms with Crippen molar-refractivity contribution in [3.8, 4) is 0 Å². The summed E-state index contributed by atoms with van der Waals surface area (Å²) in [4.78, 5) is 19.1. The molecular weight excluding hydrogens is 347 g/mol. The summed E-state index contributed by atoms with van der Waals surface area (Å²) in [7, 11) is 0. The second kappa shape index (κ2) is 9.64. The summed E-state index contributed by atoms with van der Waals surface area (Å²) in [5.74, 6) is 1.81. The Kier molecular flexibility index (Phi) is 8.54. The van der Waals surface area contributed by atoms with Gasteiger partial charge in [0.15, 0.2) is 0 Å². The van der Waals surface area contributed by atoms with Gasteiger partial charge in [-0.3, -0.25) is 4.79 Å². The third kappa shape index (κ3) is 4.64. The third-order valence-corrected chi connectivity index (χ3v) is 5.36. The van der Waals surface area contributed by atoms with Crippen LogP contribution in [0.1, 0.15) is 57.3 Å². The van der Waals surface area contributed by atoms with Crippen LogP contribution in [-0.4, -0.2) is 39.5 Å². The van der Waals surface area contributed by atoms with E-state index in [0.717, 1.165) is 51.0 Å². The lowest BCUT2D eigenvalue weighted by Crippen LogP contribution is -2.42. The molecule has 5 nitrogen and oxygen atoms in total. The number of carbonyl (C=O) groups is 1. The first-order valence-electron chi connectivity index (χ1n) is 8.74. The fourth-order valence-electron chi connectivity index (χ4n) is 4.03. The van der Waals surface area contributed by atoms with Crippen LogP contribution in [0.25, 0.3) is 0 Å². The van der Waals surface area contributed by atoms with Gasteiger partial charge in [-0.25, -0.2) is 4.98 Å². The first kappa shape index (κ1) is 21.3. The Morgan fingerprint density at radius 2 is 2.08 bits per heavy atom. The van der Waals surface area contributed by atoms with E-state index in [-0.39, 0.29) is 30.9 Å². The Balaban J connectivity index is 0.00000144. The van der Waals surface area contributed by atoms with Gasteiger partial charge >= 0.3 is 0 Å². The monoisotopic (exact) mass is 376 g/mol. The van der Waals surface area contributed by atoms with Gasteiger partial charge < -0.3 is 15.2 Å². The minimum Gasteiger partial charge on any atom is -0.341 e. The van der Waals surface area contributed by atoms with Gasteiger partial charge in [0.1, 0.15) is 5.82 Å². The lowest BCUT2D eigenvalue weighted by Gasteiger charge is -2.35. The van der Waals surface area contributed by atoms with Crippen LogP contribution in [0.15, 0.2) is 12.4 Å². The highest BCUT2D eigenvalue weighted by atomic mass is 35.5. The highest BCUT2D eigenvalue weighted by Crippen LogP contribution is 2.29. The highest BCUT2D eigenvalue weighted by molar-refractivity contribution is 5.85. The highest BCUT2D eigenvalue weighted by Gasteiger charge is 2.30. The molecule has 1 aromatic heterocycles. The minimum atomic E-state index is 0. The zero-order valence-electron chi connectivity index (χ0n) is 14.4. The van der Waals surface area contributed by atoms with Crippen molar-refractivity contribution in [1.29, 1.82) is 0 Å². The second-order valence-electron chi connectivity index (χ2n) is 6.80. The largest absolute Gasteiger partial charge is 0.341 e. The molecule has 0 aromatic carbocycles. The van der Waals surface area contributed by atoms with Crippen LogP contribution in [0.2, 0.25) is 0 Å². The van der Waals surface area contributed by atoms with Crippen molar-refractivity contribution < 1.29 is 4.79 Å². The van der Waals surface area contributed by atoms with Gasteiger partial charge in [-0.05, 0) is 31.6 Å². The predicted molar refractivity (Wildman–Crippen MR) is 101 cm³/mol. The zero-order valence-corrected chi connectivity index (χ0v) is 16.0. The number of likely N-dealkylation sites (tertiary alicyclic amines) is 1. The quantitative estimate of drug-likeness (QED) is 0.878. The van der Waals surface area contributed by atoms with Crippen molar-refractivity contribution in [1.82, 2.24) is 14.5 Å². The van der Waals surface area contributed by atoms with Crippen molar-refractivity contribution in [3.63, 3.8) is 0 Å². The van der Waals surface area contributed by atoms with E-state index in [9.17, 15) is 4.79 Å². The average Bonchev–Trinajstić information content (AvgIpc) is 3.16. The molecule has 0 radical (unpaired) electrons. The summed E-state index contributed by atoms with van der Waals surface area (Å²) >= 11 is 0. The van der Waals surface area contributed by atoms with E-state index in [2.05, 4.69) is 27.6 Å². The fraction of sp³-hybridized carbons (Fsp3) is 0.765. The molecule has 1 saturated heterocycles. The molecule has 138 valence electrons. The maximum absolute atomic E-state index is 12.6. The maximum Gasteiger partial charge on any atom is 0.222 e.